The molecule has 0 aliphatic rings. The lowest BCUT2D eigenvalue weighted by Gasteiger charge is -2.07. The van der Waals surface area contributed by atoms with Gasteiger partial charge in [-0.05, 0) is 37.8 Å². The summed E-state index contributed by atoms with van der Waals surface area (Å²) in [6, 6.07) is 1.93. The quantitative estimate of drug-likeness (QED) is 0.558. The Morgan fingerprint density at radius 2 is 1.90 bits per heavy atom. The zero-order chi connectivity index (χ0) is 21.1. The number of aromatic nitrogens is 1. The lowest BCUT2D eigenvalue weighted by atomic mass is 10.1. The van der Waals surface area contributed by atoms with E-state index in [1.165, 1.54) is 29.8 Å². The summed E-state index contributed by atoms with van der Waals surface area (Å²) in [5.74, 6) is -1.67. The van der Waals surface area contributed by atoms with Gasteiger partial charge in [-0.25, -0.2) is 14.6 Å². The lowest BCUT2D eigenvalue weighted by Crippen LogP contribution is -2.21. The number of amides is 1. The van der Waals surface area contributed by atoms with E-state index in [-0.39, 0.29) is 0 Å². The Bertz CT molecular complexity index is 1070. The van der Waals surface area contributed by atoms with E-state index >= 15 is 0 Å². The number of hydrogen-bond donors (Lipinski definition) is 1. The van der Waals surface area contributed by atoms with E-state index < -0.39 is 24.5 Å². The first-order valence-corrected chi connectivity index (χ1v) is 11.0. The van der Waals surface area contributed by atoms with Crippen molar-refractivity contribution in [2.75, 3.05) is 19.0 Å². The van der Waals surface area contributed by atoms with Crippen LogP contribution >= 0.6 is 34.0 Å². The number of carbonyl (C=O) groups excluding carboxylic acids is 3. The standard InChI is InChI=1S/C19H18N2O5S3/c1-9-11(3)28-17(14(9)18(23)25-4)21-13(22)7-26-19(24)15-10(2)20-16(29-15)12-5-6-27-8-12/h5-6,8H,7H2,1-4H3,(H,21,22). The van der Waals surface area contributed by atoms with Crippen LogP contribution in [0, 0.1) is 20.8 Å². The fourth-order valence-corrected chi connectivity index (χ4v) is 5.25. The largest absolute Gasteiger partial charge is 0.465 e. The number of rotatable bonds is 6. The minimum atomic E-state index is -0.608. The van der Waals surface area contributed by atoms with Crippen LogP contribution in [0.2, 0.25) is 0 Å². The monoisotopic (exact) mass is 450 g/mol. The zero-order valence-corrected chi connectivity index (χ0v) is 18.6. The first kappa shape index (κ1) is 21.2. The van der Waals surface area contributed by atoms with Gasteiger partial charge in [0, 0.05) is 15.8 Å². The van der Waals surface area contributed by atoms with Gasteiger partial charge in [0.25, 0.3) is 5.91 Å². The van der Waals surface area contributed by atoms with E-state index in [1.54, 1.807) is 25.2 Å². The highest BCUT2D eigenvalue weighted by atomic mass is 32.1. The number of methoxy groups -OCH3 is 1. The molecule has 1 N–H and O–H groups in total. The molecule has 0 bridgehead atoms. The highest BCUT2D eigenvalue weighted by molar-refractivity contribution is 7.17. The number of nitrogens with one attached hydrogen (secondary N) is 1. The summed E-state index contributed by atoms with van der Waals surface area (Å²) in [5.41, 5.74) is 2.56. The van der Waals surface area contributed by atoms with E-state index in [2.05, 4.69) is 10.3 Å². The maximum Gasteiger partial charge on any atom is 0.350 e. The highest BCUT2D eigenvalue weighted by Crippen LogP contribution is 2.33. The zero-order valence-electron chi connectivity index (χ0n) is 16.2. The Hall–Kier alpha value is -2.56. The van der Waals surface area contributed by atoms with Crippen LogP contribution in [-0.4, -0.2) is 36.5 Å². The number of nitrogens with zero attached hydrogens (tertiary/aromatic N) is 1. The number of thiazole rings is 1. The van der Waals surface area contributed by atoms with Crippen molar-refractivity contribution in [3.8, 4) is 10.6 Å². The van der Waals surface area contributed by atoms with Crippen molar-refractivity contribution in [2.24, 2.45) is 0 Å². The Morgan fingerprint density at radius 1 is 1.14 bits per heavy atom. The van der Waals surface area contributed by atoms with Crippen LogP contribution in [0.4, 0.5) is 5.00 Å². The summed E-state index contributed by atoms with van der Waals surface area (Å²) in [7, 11) is 1.28. The van der Waals surface area contributed by atoms with Crippen molar-refractivity contribution < 1.29 is 23.9 Å². The third kappa shape index (κ3) is 4.55. The minimum Gasteiger partial charge on any atom is -0.465 e. The molecule has 152 valence electrons. The minimum absolute atomic E-state index is 0.313. The van der Waals surface area contributed by atoms with Crippen molar-refractivity contribution in [3.05, 3.63) is 43.4 Å². The molecule has 0 unspecified atom stereocenters. The molecule has 3 aromatic heterocycles. The molecule has 0 aliphatic carbocycles. The Morgan fingerprint density at radius 3 is 2.55 bits per heavy atom. The molecule has 3 heterocycles. The Labute approximate surface area is 179 Å². The molecule has 3 rings (SSSR count). The molecule has 0 fully saturated rings. The van der Waals surface area contributed by atoms with Crippen LogP contribution in [0.5, 0.6) is 0 Å². The average molecular weight is 451 g/mol. The predicted molar refractivity (Wildman–Crippen MR) is 114 cm³/mol. The fraction of sp³-hybridized carbons (Fsp3) is 0.263. The summed E-state index contributed by atoms with van der Waals surface area (Å²) in [5, 5.41) is 7.62. The summed E-state index contributed by atoms with van der Waals surface area (Å²) >= 11 is 4.04. The van der Waals surface area contributed by atoms with E-state index in [4.69, 9.17) is 9.47 Å². The van der Waals surface area contributed by atoms with Gasteiger partial charge in [0.2, 0.25) is 0 Å². The van der Waals surface area contributed by atoms with Crippen LogP contribution in [0.1, 0.15) is 36.2 Å². The Kier molecular flexibility index (Phi) is 6.46. The van der Waals surface area contributed by atoms with Gasteiger partial charge >= 0.3 is 11.9 Å². The van der Waals surface area contributed by atoms with Crippen molar-refractivity contribution in [1.29, 1.82) is 0 Å². The molecule has 29 heavy (non-hydrogen) atoms. The second kappa shape index (κ2) is 8.85. The number of hydrogen-bond acceptors (Lipinski definition) is 9. The van der Waals surface area contributed by atoms with Crippen molar-refractivity contribution in [1.82, 2.24) is 4.98 Å². The van der Waals surface area contributed by atoms with E-state index in [9.17, 15) is 14.4 Å². The topological polar surface area (TPSA) is 94.6 Å². The SMILES string of the molecule is COC(=O)c1c(NC(=O)COC(=O)c2sc(-c3ccsc3)nc2C)sc(C)c1C. The molecule has 0 saturated heterocycles. The molecular weight excluding hydrogens is 432 g/mol. The number of ether oxygens (including phenoxy) is 2. The molecule has 7 nitrogen and oxygen atoms in total. The summed E-state index contributed by atoms with van der Waals surface area (Å²) in [6.45, 7) is 4.88. The second-order valence-electron chi connectivity index (χ2n) is 6.05. The van der Waals surface area contributed by atoms with E-state index in [1.807, 2.05) is 23.8 Å². The molecule has 0 aromatic carbocycles. The van der Waals surface area contributed by atoms with E-state index in [0.29, 0.717) is 21.1 Å². The summed E-state index contributed by atoms with van der Waals surface area (Å²) in [6.07, 6.45) is 0. The molecule has 0 saturated carbocycles. The number of anilines is 1. The maximum atomic E-state index is 12.4. The first-order valence-electron chi connectivity index (χ1n) is 8.47. The normalized spacial score (nSPS) is 10.6. The van der Waals surface area contributed by atoms with Gasteiger partial charge in [0.05, 0.1) is 18.4 Å². The predicted octanol–water partition coefficient (Wildman–Crippen LogP) is 4.44. The molecule has 0 spiro atoms. The number of carbonyl (C=O) groups is 3. The summed E-state index contributed by atoms with van der Waals surface area (Å²) < 4.78 is 9.93. The van der Waals surface area contributed by atoms with Gasteiger partial charge in [-0.15, -0.1) is 22.7 Å². The van der Waals surface area contributed by atoms with Gasteiger partial charge in [0.1, 0.15) is 14.9 Å². The number of esters is 2. The third-order valence-corrected chi connectivity index (χ3v) is 7.10. The molecular formula is C19H18N2O5S3. The molecule has 0 aliphatic heterocycles. The Balaban J connectivity index is 1.65. The first-order chi connectivity index (χ1) is 13.8. The molecule has 1 amide bonds. The molecule has 3 aromatic rings. The van der Waals surface area contributed by atoms with Crippen molar-refractivity contribution in [2.45, 2.75) is 20.8 Å². The smallest absolute Gasteiger partial charge is 0.350 e. The maximum absolute atomic E-state index is 12.4. The van der Waals surface area contributed by atoms with Crippen LogP contribution in [0.15, 0.2) is 16.8 Å². The van der Waals surface area contributed by atoms with Gasteiger partial charge in [-0.2, -0.15) is 11.3 Å². The molecule has 0 radical (unpaired) electrons. The number of aryl methyl sites for hydroxylation is 2. The van der Waals surface area contributed by atoms with Gasteiger partial charge < -0.3 is 14.8 Å². The second-order valence-corrected chi connectivity index (χ2v) is 9.05. The van der Waals surface area contributed by atoms with Gasteiger partial charge in [-0.3, -0.25) is 4.79 Å². The fourth-order valence-electron chi connectivity index (χ4n) is 2.52. The van der Waals surface area contributed by atoms with Crippen LogP contribution in [0.25, 0.3) is 10.6 Å². The average Bonchev–Trinajstić information content (AvgIpc) is 3.40. The summed E-state index contributed by atoms with van der Waals surface area (Å²) in [4.78, 5) is 42.3. The van der Waals surface area contributed by atoms with Gasteiger partial charge in [0.15, 0.2) is 6.61 Å². The van der Waals surface area contributed by atoms with Gasteiger partial charge in [-0.1, -0.05) is 0 Å². The van der Waals surface area contributed by atoms with Crippen LogP contribution < -0.4 is 5.32 Å². The van der Waals surface area contributed by atoms with E-state index in [0.717, 1.165) is 21.0 Å². The third-order valence-electron chi connectivity index (χ3n) is 4.11. The lowest BCUT2D eigenvalue weighted by molar-refractivity contribution is -0.119. The van der Waals surface area contributed by atoms with Crippen molar-refractivity contribution >= 4 is 56.9 Å². The van der Waals surface area contributed by atoms with Crippen molar-refractivity contribution in [3.63, 3.8) is 0 Å². The van der Waals surface area contributed by atoms with Crippen LogP contribution in [-0.2, 0) is 14.3 Å². The number of thiophene rings is 2. The highest BCUT2D eigenvalue weighted by Gasteiger charge is 2.23. The molecule has 0 atom stereocenters. The van der Waals surface area contributed by atoms with Crippen LogP contribution in [0.3, 0.4) is 0 Å². The molecule has 10 heteroatoms.